The summed E-state index contributed by atoms with van der Waals surface area (Å²) in [7, 11) is 1.54. The van der Waals surface area contributed by atoms with Crippen molar-refractivity contribution in [2.45, 2.75) is 18.9 Å². The minimum Gasteiger partial charge on any atom is -0.327 e. The van der Waals surface area contributed by atoms with E-state index in [1.54, 1.807) is 24.1 Å². The van der Waals surface area contributed by atoms with Gasteiger partial charge in [-0.25, -0.2) is 9.18 Å². The summed E-state index contributed by atoms with van der Waals surface area (Å²) in [5.41, 5.74) is 2.09. The van der Waals surface area contributed by atoms with Crippen molar-refractivity contribution in [2.24, 2.45) is 0 Å². The van der Waals surface area contributed by atoms with Gasteiger partial charge in [-0.1, -0.05) is 12.1 Å². The molecule has 2 heterocycles. The zero-order chi connectivity index (χ0) is 22.1. The van der Waals surface area contributed by atoms with Crippen LogP contribution in [-0.4, -0.2) is 36.3 Å². The van der Waals surface area contributed by atoms with Gasteiger partial charge in [0, 0.05) is 36.4 Å². The maximum atomic E-state index is 13.4. The molecule has 1 atom stereocenters. The molecule has 1 saturated heterocycles. The summed E-state index contributed by atoms with van der Waals surface area (Å²) < 4.78 is 14.0. The predicted molar refractivity (Wildman–Crippen MR) is 118 cm³/mol. The fourth-order valence-corrected chi connectivity index (χ4v) is 3.99. The molecule has 0 radical (unpaired) electrons. The van der Waals surface area contributed by atoms with Gasteiger partial charge in [0.2, 0.25) is 5.91 Å². The van der Waals surface area contributed by atoms with Crippen molar-refractivity contribution < 1.29 is 18.8 Å². The molecule has 4 rings (SSSR count). The largest absolute Gasteiger partial charge is 0.327 e. The number of carbonyl (C=O) groups is 3. The van der Waals surface area contributed by atoms with Crippen LogP contribution in [0.15, 0.2) is 58.7 Å². The molecule has 0 saturated carbocycles. The molecule has 2 N–H and O–H groups in total. The highest BCUT2D eigenvalue weighted by molar-refractivity contribution is 9.10. The first-order valence-corrected chi connectivity index (χ1v) is 10.5. The van der Waals surface area contributed by atoms with Gasteiger partial charge in [0.05, 0.1) is 17.3 Å². The number of nitrogens with zero attached hydrogens (tertiary/aromatic N) is 2. The van der Waals surface area contributed by atoms with Crippen LogP contribution in [0, 0.1) is 5.82 Å². The smallest absolute Gasteiger partial charge is 0.321 e. The zero-order valence-electron chi connectivity index (χ0n) is 16.7. The lowest BCUT2D eigenvalue weighted by Gasteiger charge is -2.30. The second-order valence-corrected chi connectivity index (χ2v) is 8.25. The van der Waals surface area contributed by atoms with Crippen molar-refractivity contribution in [1.29, 1.82) is 0 Å². The topological polar surface area (TPSA) is 81.8 Å². The van der Waals surface area contributed by atoms with Crippen molar-refractivity contribution in [3.63, 3.8) is 0 Å². The van der Waals surface area contributed by atoms with Gasteiger partial charge in [-0.2, -0.15) is 0 Å². The SMILES string of the molecule is CN1C=C(C(=O)Nc2cc(N3CCCC3=O)ccc2Br)[C@H](c2ccc(F)cc2)NC1=O. The Hall–Kier alpha value is -3.20. The lowest BCUT2D eigenvalue weighted by molar-refractivity contribution is -0.117. The van der Waals surface area contributed by atoms with E-state index in [1.807, 2.05) is 6.07 Å². The van der Waals surface area contributed by atoms with Crippen LogP contribution in [0.5, 0.6) is 0 Å². The molecule has 2 aromatic rings. The molecule has 9 heteroatoms. The van der Waals surface area contributed by atoms with Gasteiger partial charge in [-0.05, 0) is 58.2 Å². The zero-order valence-corrected chi connectivity index (χ0v) is 18.3. The van der Waals surface area contributed by atoms with Gasteiger partial charge in [0.15, 0.2) is 0 Å². The minimum absolute atomic E-state index is 0.0512. The standard InChI is InChI=1S/C22H20BrFN4O3/c1-27-12-16(20(26-22(27)31)13-4-6-14(24)7-5-13)21(30)25-18-11-15(8-9-17(18)23)28-10-2-3-19(28)29/h4-9,11-12,20H,2-3,10H2,1H3,(H,25,30)(H,26,31)/t20-/m0/s1. The first-order chi connectivity index (χ1) is 14.8. The summed E-state index contributed by atoms with van der Waals surface area (Å²) >= 11 is 3.44. The Morgan fingerprint density at radius 3 is 2.61 bits per heavy atom. The molecule has 2 aliphatic heterocycles. The number of halogens is 2. The van der Waals surface area contributed by atoms with Crippen LogP contribution >= 0.6 is 15.9 Å². The molecule has 2 aliphatic rings. The van der Waals surface area contributed by atoms with E-state index in [2.05, 4.69) is 26.6 Å². The van der Waals surface area contributed by atoms with Crippen LogP contribution in [0.25, 0.3) is 0 Å². The van der Waals surface area contributed by atoms with Gasteiger partial charge in [-0.15, -0.1) is 0 Å². The predicted octanol–water partition coefficient (Wildman–Crippen LogP) is 3.93. The normalized spacial score (nSPS) is 18.7. The molecule has 2 aromatic carbocycles. The van der Waals surface area contributed by atoms with E-state index in [0.29, 0.717) is 39.9 Å². The van der Waals surface area contributed by atoms with Crippen molar-refractivity contribution in [3.8, 4) is 0 Å². The Bertz CT molecular complexity index is 1090. The molecule has 31 heavy (non-hydrogen) atoms. The molecule has 0 aromatic heterocycles. The summed E-state index contributed by atoms with van der Waals surface area (Å²) in [6.45, 7) is 0.641. The second kappa shape index (κ2) is 8.50. The maximum absolute atomic E-state index is 13.4. The van der Waals surface area contributed by atoms with Crippen molar-refractivity contribution in [1.82, 2.24) is 10.2 Å². The Morgan fingerprint density at radius 2 is 1.94 bits per heavy atom. The lowest BCUT2D eigenvalue weighted by Crippen LogP contribution is -2.44. The summed E-state index contributed by atoms with van der Waals surface area (Å²) in [6.07, 6.45) is 2.77. The molecule has 0 bridgehead atoms. The molecular formula is C22H20BrFN4O3. The summed E-state index contributed by atoms with van der Waals surface area (Å²) in [6, 6.07) is 9.85. The van der Waals surface area contributed by atoms with E-state index < -0.39 is 17.8 Å². The molecule has 4 amide bonds. The quantitative estimate of drug-likeness (QED) is 0.686. The highest BCUT2D eigenvalue weighted by Crippen LogP contribution is 2.32. The number of benzene rings is 2. The Kier molecular flexibility index (Phi) is 5.77. The molecule has 160 valence electrons. The van der Waals surface area contributed by atoms with Gasteiger partial charge >= 0.3 is 6.03 Å². The number of hydrogen-bond donors (Lipinski definition) is 2. The fraction of sp³-hybridized carbons (Fsp3) is 0.227. The second-order valence-electron chi connectivity index (χ2n) is 7.40. The third-order valence-corrected chi connectivity index (χ3v) is 5.97. The highest BCUT2D eigenvalue weighted by Gasteiger charge is 2.31. The lowest BCUT2D eigenvalue weighted by atomic mass is 9.97. The van der Waals surface area contributed by atoms with Gasteiger partial charge in [-0.3, -0.25) is 9.59 Å². The average Bonchev–Trinajstić information content (AvgIpc) is 3.18. The molecular weight excluding hydrogens is 467 g/mol. The third kappa shape index (κ3) is 4.32. The van der Waals surface area contributed by atoms with Crippen LogP contribution in [0.1, 0.15) is 24.4 Å². The van der Waals surface area contributed by atoms with Crippen LogP contribution < -0.4 is 15.5 Å². The van der Waals surface area contributed by atoms with E-state index in [1.165, 1.54) is 35.4 Å². The number of rotatable bonds is 4. The number of urea groups is 1. The van der Waals surface area contributed by atoms with E-state index in [9.17, 15) is 18.8 Å². The summed E-state index contributed by atoms with van der Waals surface area (Å²) in [5, 5.41) is 5.63. The number of nitrogens with one attached hydrogen (secondary N) is 2. The van der Waals surface area contributed by atoms with Crippen molar-refractivity contribution in [2.75, 3.05) is 23.8 Å². The minimum atomic E-state index is -0.730. The van der Waals surface area contributed by atoms with E-state index >= 15 is 0 Å². The number of anilines is 2. The number of hydrogen-bond acceptors (Lipinski definition) is 3. The number of carbonyl (C=O) groups excluding carboxylic acids is 3. The van der Waals surface area contributed by atoms with Gasteiger partial charge in [0.25, 0.3) is 5.91 Å². The molecule has 1 fully saturated rings. The molecule has 0 spiro atoms. The van der Waals surface area contributed by atoms with Crippen LogP contribution in [0.3, 0.4) is 0 Å². The van der Waals surface area contributed by atoms with E-state index in [-0.39, 0.29) is 11.9 Å². The van der Waals surface area contributed by atoms with Crippen molar-refractivity contribution in [3.05, 3.63) is 70.1 Å². The fourth-order valence-electron chi connectivity index (χ4n) is 3.65. The van der Waals surface area contributed by atoms with Crippen LogP contribution in [0.4, 0.5) is 20.6 Å². The van der Waals surface area contributed by atoms with Crippen LogP contribution in [0.2, 0.25) is 0 Å². The Morgan fingerprint density at radius 1 is 1.19 bits per heavy atom. The van der Waals surface area contributed by atoms with Crippen LogP contribution in [-0.2, 0) is 9.59 Å². The Balaban J connectivity index is 1.63. The van der Waals surface area contributed by atoms with E-state index in [4.69, 9.17) is 0 Å². The third-order valence-electron chi connectivity index (χ3n) is 5.28. The Labute approximate surface area is 187 Å². The van der Waals surface area contributed by atoms with Crippen molar-refractivity contribution >= 4 is 45.2 Å². The average molecular weight is 487 g/mol. The summed E-state index contributed by atoms with van der Waals surface area (Å²) in [5.74, 6) is -0.780. The van der Waals surface area contributed by atoms with E-state index in [0.717, 1.165) is 6.42 Å². The molecule has 0 aliphatic carbocycles. The first kappa shape index (κ1) is 21.0. The highest BCUT2D eigenvalue weighted by atomic mass is 79.9. The maximum Gasteiger partial charge on any atom is 0.321 e. The number of amides is 4. The monoisotopic (exact) mass is 486 g/mol. The first-order valence-electron chi connectivity index (χ1n) is 9.75. The summed E-state index contributed by atoms with van der Waals surface area (Å²) in [4.78, 5) is 40.4. The van der Waals surface area contributed by atoms with Gasteiger partial charge in [0.1, 0.15) is 5.82 Å². The molecule has 0 unspecified atom stereocenters. The molecule has 7 nitrogen and oxygen atoms in total. The van der Waals surface area contributed by atoms with Gasteiger partial charge < -0.3 is 20.4 Å².